The van der Waals surface area contributed by atoms with Gasteiger partial charge in [-0.2, -0.15) is 0 Å². The lowest BCUT2D eigenvalue weighted by Crippen LogP contribution is -2.28. The summed E-state index contributed by atoms with van der Waals surface area (Å²) in [6, 6.07) is 21.3. The molecule has 0 atom stereocenters. The molecule has 0 amide bonds. The van der Waals surface area contributed by atoms with Gasteiger partial charge < -0.3 is 0 Å². The third-order valence-electron chi connectivity index (χ3n) is 4.81. The van der Waals surface area contributed by atoms with Crippen molar-refractivity contribution in [1.82, 2.24) is 9.88 Å². The molecule has 3 heteroatoms. The molecular formula is C23H21FN2. The first-order valence-electron chi connectivity index (χ1n) is 8.95. The fraction of sp³-hybridized carbons (Fsp3) is 0.174. The molecule has 1 aliphatic rings. The average molecular weight is 344 g/mol. The van der Waals surface area contributed by atoms with E-state index in [4.69, 9.17) is 0 Å². The van der Waals surface area contributed by atoms with Crippen LogP contribution in [0.2, 0.25) is 0 Å². The Hall–Kier alpha value is -2.78. The minimum atomic E-state index is -0.182. The maximum absolute atomic E-state index is 13.1. The minimum Gasteiger partial charge on any atom is -0.295 e. The lowest BCUT2D eigenvalue weighted by molar-refractivity contribution is 0.294. The van der Waals surface area contributed by atoms with E-state index >= 15 is 0 Å². The summed E-state index contributed by atoms with van der Waals surface area (Å²) in [5.41, 5.74) is 5.87. The summed E-state index contributed by atoms with van der Waals surface area (Å²) >= 11 is 0. The molecule has 0 unspecified atom stereocenters. The first-order chi connectivity index (χ1) is 12.8. The van der Waals surface area contributed by atoms with Crippen molar-refractivity contribution in [2.45, 2.75) is 13.0 Å². The lowest BCUT2D eigenvalue weighted by Gasteiger charge is -2.26. The second-order valence-electron chi connectivity index (χ2n) is 6.64. The Balaban J connectivity index is 1.44. The van der Waals surface area contributed by atoms with E-state index in [9.17, 15) is 4.39 Å². The molecule has 2 aromatic carbocycles. The van der Waals surface area contributed by atoms with Crippen molar-refractivity contribution in [2.75, 3.05) is 13.1 Å². The van der Waals surface area contributed by atoms with Gasteiger partial charge in [-0.1, -0.05) is 48.5 Å². The Kier molecular flexibility index (Phi) is 4.89. The van der Waals surface area contributed by atoms with Gasteiger partial charge in [-0.3, -0.25) is 9.88 Å². The van der Waals surface area contributed by atoms with Gasteiger partial charge in [0.05, 0.1) is 5.69 Å². The number of hydrogen-bond acceptors (Lipinski definition) is 2. The summed E-state index contributed by atoms with van der Waals surface area (Å²) in [5.74, 6) is -0.182. The lowest BCUT2D eigenvalue weighted by atomic mass is 9.99. The van der Waals surface area contributed by atoms with E-state index < -0.39 is 0 Å². The van der Waals surface area contributed by atoms with Crippen LogP contribution in [-0.2, 0) is 6.54 Å². The van der Waals surface area contributed by atoms with Gasteiger partial charge in [0, 0.05) is 31.4 Å². The van der Waals surface area contributed by atoms with Gasteiger partial charge >= 0.3 is 0 Å². The molecule has 130 valence electrons. The maximum atomic E-state index is 13.1. The fourth-order valence-corrected chi connectivity index (χ4v) is 3.38. The molecule has 0 fully saturated rings. The van der Waals surface area contributed by atoms with Crippen LogP contribution in [0.15, 0.2) is 79.0 Å². The van der Waals surface area contributed by atoms with E-state index in [1.54, 1.807) is 0 Å². The predicted molar refractivity (Wildman–Crippen MR) is 104 cm³/mol. The highest BCUT2D eigenvalue weighted by molar-refractivity contribution is 5.66. The Morgan fingerprint density at radius 1 is 0.923 bits per heavy atom. The summed E-state index contributed by atoms with van der Waals surface area (Å²) in [6.07, 6.45) is 5.14. The Labute approximate surface area is 153 Å². The molecule has 1 aromatic heterocycles. The largest absolute Gasteiger partial charge is 0.295 e. The first kappa shape index (κ1) is 16.7. The number of nitrogens with zero attached hydrogens (tertiary/aromatic N) is 2. The van der Waals surface area contributed by atoms with E-state index in [0.29, 0.717) is 0 Å². The minimum absolute atomic E-state index is 0.182. The van der Waals surface area contributed by atoms with E-state index in [1.807, 2.05) is 36.5 Å². The van der Waals surface area contributed by atoms with E-state index in [1.165, 1.54) is 23.3 Å². The van der Waals surface area contributed by atoms with Crippen LogP contribution in [0.1, 0.15) is 17.5 Å². The molecule has 4 rings (SSSR count). The van der Waals surface area contributed by atoms with Crippen LogP contribution in [0.3, 0.4) is 0 Å². The van der Waals surface area contributed by atoms with E-state index in [-0.39, 0.29) is 5.82 Å². The van der Waals surface area contributed by atoms with Crippen LogP contribution < -0.4 is 0 Å². The van der Waals surface area contributed by atoms with Gasteiger partial charge in [-0.25, -0.2) is 4.39 Å². The molecule has 0 aliphatic carbocycles. The van der Waals surface area contributed by atoms with Crippen LogP contribution in [0.25, 0.3) is 16.8 Å². The van der Waals surface area contributed by atoms with Gasteiger partial charge in [0.2, 0.25) is 0 Å². The second-order valence-corrected chi connectivity index (χ2v) is 6.64. The normalized spacial score (nSPS) is 14.9. The molecule has 2 nitrogen and oxygen atoms in total. The highest BCUT2D eigenvalue weighted by atomic mass is 19.1. The molecule has 2 heterocycles. The van der Waals surface area contributed by atoms with Gasteiger partial charge in [0.15, 0.2) is 0 Å². The third kappa shape index (κ3) is 3.89. The second kappa shape index (κ2) is 7.63. The van der Waals surface area contributed by atoms with Gasteiger partial charge in [0.25, 0.3) is 0 Å². The van der Waals surface area contributed by atoms with E-state index in [2.05, 4.69) is 40.2 Å². The fourth-order valence-electron chi connectivity index (χ4n) is 3.38. The molecule has 0 bridgehead atoms. The number of pyridine rings is 1. The van der Waals surface area contributed by atoms with Gasteiger partial charge in [-0.15, -0.1) is 0 Å². The standard InChI is InChI=1S/C23H21FN2/c24-22-8-6-19(7-9-22)20-11-14-26(15-12-20)17-18-10-13-25-23(16-18)21-4-2-1-3-5-21/h1-11,13,16H,12,14-15,17H2. The highest BCUT2D eigenvalue weighted by Gasteiger charge is 2.14. The smallest absolute Gasteiger partial charge is 0.123 e. The zero-order valence-corrected chi connectivity index (χ0v) is 14.6. The molecule has 0 saturated carbocycles. The summed E-state index contributed by atoms with van der Waals surface area (Å²) in [7, 11) is 0. The van der Waals surface area contributed by atoms with Crippen molar-refractivity contribution >= 4 is 5.57 Å². The zero-order valence-electron chi connectivity index (χ0n) is 14.6. The van der Waals surface area contributed by atoms with Crippen molar-refractivity contribution in [1.29, 1.82) is 0 Å². The molecule has 1 aliphatic heterocycles. The Bertz CT molecular complexity index is 901. The number of aromatic nitrogens is 1. The number of benzene rings is 2. The molecule has 0 radical (unpaired) electrons. The van der Waals surface area contributed by atoms with Crippen molar-refractivity contribution in [3.05, 3.63) is 95.9 Å². The number of hydrogen-bond donors (Lipinski definition) is 0. The van der Waals surface area contributed by atoms with E-state index in [0.717, 1.165) is 42.9 Å². The molecule has 26 heavy (non-hydrogen) atoms. The van der Waals surface area contributed by atoms with Crippen molar-refractivity contribution in [3.63, 3.8) is 0 Å². The quantitative estimate of drug-likeness (QED) is 0.648. The molecule has 0 N–H and O–H groups in total. The maximum Gasteiger partial charge on any atom is 0.123 e. The highest BCUT2D eigenvalue weighted by Crippen LogP contribution is 2.24. The zero-order chi connectivity index (χ0) is 17.8. The third-order valence-corrected chi connectivity index (χ3v) is 4.81. The van der Waals surface area contributed by atoms with Crippen molar-refractivity contribution in [2.24, 2.45) is 0 Å². The van der Waals surface area contributed by atoms with Crippen LogP contribution in [-0.4, -0.2) is 23.0 Å². The number of halogens is 1. The average Bonchev–Trinajstić information content (AvgIpc) is 2.70. The van der Waals surface area contributed by atoms with Crippen molar-refractivity contribution < 1.29 is 4.39 Å². The van der Waals surface area contributed by atoms with Crippen LogP contribution in [0.4, 0.5) is 4.39 Å². The monoisotopic (exact) mass is 344 g/mol. The van der Waals surface area contributed by atoms with Crippen LogP contribution >= 0.6 is 0 Å². The summed E-state index contributed by atoms with van der Waals surface area (Å²) < 4.78 is 13.1. The molecule has 0 spiro atoms. The SMILES string of the molecule is Fc1ccc(C2=CCN(Cc3ccnc(-c4ccccc4)c3)CC2)cc1. The van der Waals surface area contributed by atoms with Gasteiger partial charge in [-0.05, 0) is 47.4 Å². The summed E-state index contributed by atoms with van der Waals surface area (Å²) in [4.78, 5) is 6.93. The molecule has 0 saturated heterocycles. The molecule has 3 aromatic rings. The Morgan fingerprint density at radius 3 is 2.46 bits per heavy atom. The summed E-state index contributed by atoms with van der Waals surface area (Å²) in [5, 5.41) is 0. The topological polar surface area (TPSA) is 16.1 Å². The van der Waals surface area contributed by atoms with Crippen LogP contribution in [0.5, 0.6) is 0 Å². The summed E-state index contributed by atoms with van der Waals surface area (Å²) in [6.45, 7) is 2.83. The Morgan fingerprint density at radius 2 is 1.73 bits per heavy atom. The first-order valence-corrected chi connectivity index (χ1v) is 8.95. The molecular weight excluding hydrogens is 323 g/mol. The van der Waals surface area contributed by atoms with Crippen molar-refractivity contribution in [3.8, 4) is 11.3 Å². The predicted octanol–water partition coefficient (Wildman–Crippen LogP) is 5.18. The number of rotatable bonds is 4. The van der Waals surface area contributed by atoms with Crippen LogP contribution in [0, 0.1) is 5.82 Å². The van der Waals surface area contributed by atoms with Gasteiger partial charge in [0.1, 0.15) is 5.82 Å².